The molecule has 2 aliphatic rings. The summed E-state index contributed by atoms with van der Waals surface area (Å²) in [5.74, 6) is 0.799. The molecule has 1 saturated heterocycles. The molecular weight excluding hydrogens is 358 g/mol. The van der Waals surface area contributed by atoms with Gasteiger partial charge in [-0.15, -0.1) is 0 Å². The Morgan fingerprint density at radius 3 is 2.56 bits per heavy atom. The maximum Gasteiger partial charge on any atom is 0.245 e. The van der Waals surface area contributed by atoms with Crippen LogP contribution in [0.15, 0.2) is 35.4 Å². The Balaban J connectivity index is 1.47. The van der Waals surface area contributed by atoms with E-state index in [-0.39, 0.29) is 0 Å². The van der Waals surface area contributed by atoms with Gasteiger partial charge in [0.1, 0.15) is 4.90 Å². The molecule has 6 heteroatoms. The van der Waals surface area contributed by atoms with Gasteiger partial charge in [-0.25, -0.2) is 8.42 Å². The van der Waals surface area contributed by atoms with E-state index in [0.717, 1.165) is 36.5 Å². The monoisotopic (exact) mass is 387 g/mol. The third-order valence-electron chi connectivity index (χ3n) is 6.00. The summed E-state index contributed by atoms with van der Waals surface area (Å²) in [5.41, 5.74) is 1.61. The zero-order valence-electron chi connectivity index (χ0n) is 16.1. The summed E-state index contributed by atoms with van der Waals surface area (Å²) in [4.78, 5) is 7.20. The van der Waals surface area contributed by atoms with E-state index < -0.39 is 10.0 Å². The zero-order valence-corrected chi connectivity index (χ0v) is 16.9. The van der Waals surface area contributed by atoms with E-state index in [4.69, 9.17) is 0 Å². The number of aromatic nitrogens is 1. The maximum absolute atomic E-state index is 13.3. The topological polar surface area (TPSA) is 53.5 Å². The molecule has 1 aromatic carbocycles. The number of nitrogens with zero attached hydrogens (tertiary/aromatic N) is 3. The SMILES string of the molecule is Cc1cnc2c(S(=O)(=O)N3CCN(CC4CCCCC4)CC3)cccc2c1. The van der Waals surface area contributed by atoms with E-state index in [0.29, 0.717) is 23.5 Å². The molecule has 0 atom stereocenters. The van der Waals surface area contributed by atoms with Gasteiger partial charge >= 0.3 is 0 Å². The van der Waals surface area contributed by atoms with Gasteiger partial charge in [-0.05, 0) is 43.4 Å². The van der Waals surface area contributed by atoms with Crippen molar-refractivity contribution in [1.29, 1.82) is 0 Å². The third-order valence-corrected chi connectivity index (χ3v) is 7.93. The molecule has 0 unspecified atom stereocenters. The molecule has 0 spiro atoms. The Hall–Kier alpha value is -1.50. The first-order chi connectivity index (χ1) is 13.0. The molecule has 0 amide bonds. The van der Waals surface area contributed by atoms with Gasteiger partial charge in [-0.1, -0.05) is 31.4 Å². The number of benzene rings is 1. The van der Waals surface area contributed by atoms with Crippen molar-refractivity contribution < 1.29 is 8.42 Å². The smallest absolute Gasteiger partial charge is 0.245 e. The van der Waals surface area contributed by atoms with Gasteiger partial charge in [0.05, 0.1) is 5.52 Å². The predicted molar refractivity (Wildman–Crippen MR) is 108 cm³/mol. The number of para-hydroxylation sites is 1. The van der Waals surface area contributed by atoms with Crippen LogP contribution in [-0.4, -0.2) is 55.3 Å². The van der Waals surface area contributed by atoms with Crippen molar-refractivity contribution in [3.8, 4) is 0 Å². The van der Waals surface area contributed by atoms with Crippen LogP contribution in [0.2, 0.25) is 0 Å². The lowest BCUT2D eigenvalue weighted by molar-refractivity contribution is 0.150. The number of piperazine rings is 1. The van der Waals surface area contributed by atoms with Crippen molar-refractivity contribution in [2.24, 2.45) is 5.92 Å². The quantitative estimate of drug-likeness (QED) is 0.807. The van der Waals surface area contributed by atoms with E-state index in [1.54, 1.807) is 16.6 Å². The molecule has 1 aliphatic carbocycles. The Morgan fingerprint density at radius 1 is 1.07 bits per heavy atom. The molecule has 2 fully saturated rings. The molecular formula is C21H29N3O2S. The van der Waals surface area contributed by atoms with Crippen molar-refractivity contribution in [3.05, 3.63) is 36.0 Å². The van der Waals surface area contributed by atoms with Crippen LogP contribution in [-0.2, 0) is 10.0 Å². The largest absolute Gasteiger partial charge is 0.300 e. The maximum atomic E-state index is 13.3. The van der Waals surface area contributed by atoms with Crippen LogP contribution >= 0.6 is 0 Å². The van der Waals surface area contributed by atoms with Crippen LogP contribution in [0.3, 0.4) is 0 Å². The van der Waals surface area contributed by atoms with Gasteiger partial charge in [0.2, 0.25) is 10.0 Å². The molecule has 0 radical (unpaired) electrons. The molecule has 2 aromatic rings. The highest BCUT2D eigenvalue weighted by atomic mass is 32.2. The highest BCUT2D eigenvalue weighted by Crippen LogP contribution is 2.27. The van der Waals surface area contributed by atoms with Crippen LogP contribution in [0.1, 0.15) is 37.7 Å². The highest BCUT2D eigenvalue weighted by molar-refractivity contribution is 7.89. The first-order valence-electron chi connectivity index (χ1n) is 10.1. The first-order valence-corrected chi connectivity index (χ1v) is 11.6. The molecule has 1 aliphatic heterocycles. The second-order valence-electron chi connectivity index (χ2n) is 8.05. The van der Waals surface area contributed by atoms with Crippen LogP contribution in [0.25, 0.3) is 10.9 Å². The lowest BCUT2D eigenvalue weighted by Gasteiger charge is -2.36. The second kappa shape index (κ2) is 7.86. The zero-order chi connectivity index (χ0) is 18.9. The van der Waals surface area contributed by atoms with Crippen molar-refractivity contribution in [2.45, 2.75) is 43.9 Å². The number of hydrogen-bond acceptors (Lipinski definition) is 4. The summed E-state index contributed by atoms with van der Waals surface area (Å²) in [6.45, 7) is 5.89. The van der Waals surface area contributed by atoms with E-state index in [1.807, 2.05) is 25.1 Å². The molecule has 0 bridgehead atoms. The summed E-state index contributed by atoms with van der Waals surface area (Å²) >= 11 is 0. The number of rotatable bonds is 4. The molecule has 146 valence electrons. The van der Waals surface area contributed by atoms with Gasteiger partial charge in [-0.2, -0.15) is 4.31 Å². The van der Waals surface area contributed by atoms with E-state index in [9.17, 15) is 8.42 Å². The van der Waals surface area contributed by atoms with Crippen LogP contribution < -0.4 is 0 Å². The fourth-order valence-corrected chi connectivity index (χ4v) is 6.07. The van der Waals surface area contributed by atoms with Crippen LogP contribution in [0.5, 0.6) is 0 Å². The summed E-state index contributed by atoms with van der Waals surface area (Å²) in [6, 6.07) is 7.42. The standard InChI is InChI=1S/C21H29N3O2S/c1-17-14-19-8-5-9-20(21(19)22-15-17)27(25,26)24-12-10-23(11-13-24)16-18-6-3-2-4-7-18/h5,8-9,14-15,18H,2-4,6-7,10-13,16H2,1H3. The number of pyridine rings is 1. The second-order valence-corrected chi connectivity index (χ2v) is 9.96. The summed E-state index contributed by atoms with van der Waals surface area (Å²) in [5, 5.41) is 0.881. The minimum absolute atomic E-state index is 0.334. The Labute approximate surface area is 162 Å². The van der Waals surface area contributed by atoms with Gasteiger partial charge in [0.15, 0.2) is 0 Å². The fourth-order valence-electron chi connectivity index (χ4n) is 4.48. The molecule has 5 nitrogen and oxygen atoms in total. The van der Waals surface area contributed by atoms with Crippen molar-refractivity contribution in [2.75, 3.05) is 32.7 Å². The van der Waals surface area contributed by atoms with Crippen molar-refractivity contribution >= 4 is 20.9 Å². The minimum Gasteiger partial charge on any atom is -0.300 e. The Bertz CT molecular complexity index is 899. The number of fused-ring (bicyclic) bond motifs is 1. The minimum atomic E-state index is -3.51. The van der Waals surface area contributed by atoms with E-state index >= 15 is 0 Å². The molecule has 1 aromatic heterocycles. The number of aryl methyl sites for hydroxylation is 1. The highest BCUT2D eigenvalue weighted by Gasteiger charge is 2.31. The first kappa shape index (κ1) is 18.8. The average molecular weight is 388 g/mol. The summed E-state index contributed by atoms with van der Waals surface area (Å²) in [7, 11) is -3.51. The molecule has 1 saturated carbocycles. The number of hydrogen-bond donors (Lipinski definition) is 0. The number of sulfonamides is 1. The summed E-state index contributed by atoms with van der Waals surface area (Å²) < 4.78 is 28.1. The predicted octanol–water partition coefficient (Wildman–Crippen LogP) is 3.43. The summed E-state index contributed by atoms with van der Waals surface area (Å²) in [6.07, 6.45) is 8.49. The van der Waals surface area contributed by atoms with Gasteiger partial charge in [0.25, 0.3) is 0 Å². The van der Waals surface area contributed by atoms with Crippen LogP contribution in [0, 0.1) is 12.8 Å². The Morgan fingerprint density at radius 2 is 1.81 bits per heavy atom. The van der Waals surface area contributed by atoms with Gasteiger partial charge in [-0.3, -0.25) is 4.98 Å². The van der Waals surface area contributed by atoms with Crippen LogP contribution in [0.4, 0.5) is 0 Å². The Kier molecular flexibility index (Phi) is 5.48. The molecule has 27 heavy (non-hydrogen) atoms. The molecule has 2 heterocycles. The molecule has 0 N–H and O–H groups in total. The fraction of sp³-hybridized carbons (Fsp3) is 0.571. The molecule has 4 rings (SSSR count). The third kappa shape index (κ3) is 4.03. The van der Waals surface area contributed by atoms with Crippen molar-refractivity contribution in [1.82, 2.24) is 14.2 Å². The van der Waals surface area contributed by atoms with E-state index in [1.165, 1.54) is 32.1 Å². The van der Waals surface area contributed by atoms with E-state index in [2.05, 4.69) is 9.88 Å². The van der Waals surface area contributed by atoms with Crippen molar-refractivity contribution in [3.63, 3.8) is 0 Å². The van der Waals surface area contributed by atoms with Gasteiger partial charge in [0, 0.05) is 44.3 Å². The lowest BCUT2D eigenvalue weighted by atomic mass is 9.89. The average Bonchev–Trinajstić information content (AvgIpc) is 2.68. The lowest BCUT2D eigenvalue weighted by Crippen LogP contribution is -2.49. The van der Waals surface area contributed by atoms with Gasteiger partial charge < -0.3 is 4.90 Å². The normalized spacial score (nSPS) is 20.9.